The van der Waals surface area contributed by atoms with Crippen molar-refractivity contribution in [2.75, 3.05) is 31.2 Å². The van der Waals surface area contributed by atoms with Crippen LogP contribution in [0.3, 0.4) is 0 Å². The first-order valence-corrected chi connectivity index (χ1v) is 16.5. The maximum atomic E-state index is 15.1. The van der Waals surface area contributed by atoms with Gasteiger partial charge < -0.3 is 19.3 Å². The van der Waals surface area contributed by atoms with Gasteiger partial charge in [0.25, 0.3) is 11.8 Å². The van der Waals surface area contributed by atoms with Gasteiger partial charge in [-0.15, -0.1) is 0 Å². The summed E-state index contributed by atoms with van der Waals surface area (Å²) in [6, 6.07) is 20.5. The molecule has 2 amide bonds. The second-order valence-corrected chi connectivity index (χ2v) is 12.8. The largest absolute Gasteiger partial charge is 0.508 e. The van der Waals surface area contributed by atoms with Crippen molar-refractivity contribution in [3.63, 3.8) is 0 Å². The number of morpholine rings is 1. The Kier molecular flexibility index (Phi) is 8.79. The molecule has 2 aliphatic rings. The van der Waals surface area contributed by atoms with Gasteiger partial charge in [0.15, 0.2) is 0 Å². The van der Waals surface area contributed by atoms with Crippen LogP contribution in [0.2, 0.25) is 0 Å². The Labute approximate surface area is 284 Å². The first-order chi connectivity index (χ1) is 23.7. The fraction of sp³-hybridized carbons (Fsp3) is 0.289. The highest BCUT2D eigenvalue weighted by Gasteiger charge is 2.32. The van der Waals surface area contributed by atoms with Crippen molar-refractivity contribution in [2.45, 2.75) is 32.5 Å². The van der Waals surface area contributed by atoms with E-state index in [2.05, 4.69) is 16.1 Å². The number of halogens is 1. The van der Waals surface area contributed by atoms with E-state index < -0.39 is 5.82 Å². The van der Waals surface area contributed by atoms with Gasteiger partial charge in [-0.25, -0.2) is 4.39 Å². The standard InChI is InChI=1S/C38H39FN6O4/c1-25-18-26-6-4-5-7-27(26)22-44(25)37(47)32-13-8-28(39)19-33(32)35-20-34(36(42(35)3)24-43-14-16-49-17-15-43)38(48)45(30-21-40-41(2)23-30)29-9-11-31(46)12-10-29/h4-13,19-21,23,25,46H,14-18,22,24H2,1-3H3/t25-/m1/s1. The van der Waals surface area contributed by atoms with E-state index in [0.29, 0.717) is 73.2 Å². The summed E-state index contributed by atoms with van der Waals surface area (Å²) in [5, 5.41) is 14.3. The van der Waals surface area contributed by atoms with Gasteiger partial charge in [-0.05, 0) is 73.0 Å². The Balaban J connectivity index is 1.34. The van der Waals surface area contributed by atoms with Crippen LogP contribution in [0.1, 0.15) is 44.5 Å². The summed E-state index contributed by atoms with van der Waals surface area (Å²) in [5.41, 5.74) is 5.87. The van der Waals surface area contributed by atoms with Crippen LogP contribution in [-0.2, 0) is 38.3 Å². The molecule has 3 aromatic carbocycles. The molecule has 11 heteroatoms. The van der Waals surface area contributed by atoms with E-state index in [1.165, 1.54) is 29.8 Å². The summed E-state index contributed by atoms with van der Waals surface area (Å²) in [7, 11) is 3.63. The normalized spacial score (nSPS) is 16.4. The predicted molar refractivity (Wildman–Crippen MR) is 184 cm³/mol. The average molecular weight is 663 g/mol. The smallest absolute Gasteiger partial charge is 0.264 e. The number of ether oxygens (including phenoxy) is 1. The predicted octanol–water partition coefficient (Wildman–Crippen LogP) is 5.67. The lowest BCUT2D eigenvalue weighted by molar-refractivity contribution is 0.0332. The molecule has 0 bridgehead atoms. The number of aromatic hydroxyl groups is 1. The molecule has 1 saturated heterocycles. The van der Waals surface area contributed by atoms with Crippen LogP contribution in [0.25, 0.3) is 11.3 Å². The molecule has 2 aliphatic heterocycles. The van der Waals surface area contributed by atoms with Crippen LogP contribution in [0.4, 0.5) is 15.8 Å². The molecule has 0 aliphatic carbocycles. The second-order valence-electron chi connectivity index (χ2n) is 12.8. The van der Waals surface area contributed by atoms with E-state index in [9.17, 15) is 14.7 Å². The minimum atomic E-state index is -0.478. The number of aryl methyl sites for hydroxylation is 1. The second kappa shape index (κ2) is 13.3. The molecular formula is C38H39FN6O4. The average Bonchev–Trinajstić information content (AvgIpc) is 3.67. The summed E-state index contributed by atoms with van der Waals surface area (Å²) in [5.74, 6) is -0.920. The number of anilines is 2. The minimum absolute atomic E-state index is 0.0546. The topological polar surface area (TPSA) is 96.1 Å². The summed E-state index contributed by atoms with van der Waals surface area (Å²) in [6.45, 7) is 5.47. The number of hydrogen-bond acceptors (Lipinski definition) is 6. The Bertz CT molecular complexity index is 2010. The highest BCUT2D eigenvalue weighted by Crippen LogP contribution is 2.36. The SMILES string of the molecule is C[C@@H]1Cc2ccccc2CN1C(=O)c1ccc(F)cc1-c1cc(C(=O)N(c2ccc(O)cc2)c2cnn(C)c2)c(CN2CCOCC2)n1C. The zero-order chi connectivity index (χ0) is 34.2. The number of fused-ring (bicyclic) bond motifs is 1. The number of aromatic nitrogens is 3. The van der Waals surface area contributed by atoms with Crippen LogP contribution in [-0.4, -0.2) is 73.4 Å². The first-order valence-electron chi connectivity index (χ1n) is 16.5. The summed E-state index contributed by atoms with van der Waals surface area (Å²) in [6.07, 6.45) is 4.08. The van der Waals surface area contributed by atoms with Gasteiger partial charge in [0.1, 0.15) is 11.6 Å². The molecule has 2 aromatic heterocycles. The van der Waals surface area contributed by atoms with Gasteiger partial charge in [0.05, 0.1) is 30.7 Å². The maximum absolute atomic E-state index is 15.1. The van der Waals surface area contributed by atoms with Crippen LogP contribution in [0.5, 0.6) is 5.75 Å². The van der Waals surface area contributed by atoms with Gasteiger partial charge in [0.2, 0.25) is 0 Å². The number of rotatable bonds is 7. The lowest BCUT2D eigenvalue weighted by atomic mass is 9.93. The Morgan fingerprint density at radius 1 is 0.959 bits per heavy atom. The molecule has 1 N–H and O–H groups in total. The van der Waals surface area contributed by atoms with Crippen molar-refractivity contribution in [3.05, 3.63) is 119 Å². The quantitative estimate of drug-likeness (QED) is 0.242. The Hall–Kier alpha value is -5.26. The molecule has 0 radical (unpaired) electrons. The number of nitrogens with zero attached hydrogens (tertiary/aromatic N) is 6. The number of hydrogen-bond donors (Lipinski definition) is 1. The number of carbonyl (C=O) groups is 2. The zero-order valence-electron chi connectivity index (χ0n) is 27.8. The molecule has 0 unspecified atom stereocenters. The first kappa shape index (κ1) is 32.3. The van der Waals surface area contributed by atoms with Crippen LogP contribution in [0.15, 0.2) is 85.2 Å². The maximum Gasteiger partial charge on any atom is 0.264 e. The van der Waals surface area contributed by atoms with Crippen molar-refractivity contribution in [2.24, 2.45) is 14.1 Å². The molecule has 0 saturated carbocycles. The number of benzene rings is 3. The molecule has 4 heterocycles. The molecule has 1 fully saturated rings. The monoisotopic (exact) mass is 662 g/mol. The number of phenolic OH excluding ortho intramolecular Hbond substituents is 1. The van der Waals surface area contributed by atoms with Gasteiger partial charge in [-0.2, -0.15) is 5.10 Å². The third-order valence-electron chi connectivity index (χ3n) is 9.58. The molecule has 0 spiro atoms. The van der Waals surface area contributed by atoms with Crippen molar-refractivity contribution in [3.8, 4) is 17.0 Å². The highest BCUT2D eigenvalue weighted by atomic mass is 19.1. The fourth-order valence-corrected chi connectivity index (χ4v) is 6.90. The minimum Gasteiger partial charge on any atom is -0.508 e. The number of phenols is 1. The van der Waals surface area contributed by atoms with Gasteiger partial charge in [0, 0.05) is 80.7 Å². The van der Waals surface area contributed by atoms with Gasteiger partial charge in [-0.3, -0.25) is 24.1 Å². The lowest BCUT2D eigenvalue weighted by Crippen LogP contribution is -2.42. The van der Waals surface area contributed by atoms with Crippen LogP contribution < -0.4 is 4.90 Å². The van der Waals surface area contributed by atoms with E-state index in [-0.39, 0.29) is 23.6 Å². The third kappa shape index (κ3) is 6.34. The summed E-state index contributed by atoms with van der Waals surface area (Å²) >= 11 is 0. The third-order valence-corrected chi connectivity index (χ3v) is 9.58. The Morgan fingerprint density at radius 3 is 2.41 bits per heavy atom. The molecule has 1 atom stereocenters. The molecule has 252 valence electrons. The molecule has 49 heavy (non-hydrogen) atoms. The van der Waals surface area contributed by atoms with Gasteiger partial charge in [-0.1, -0.05) is 24.3 Å². The van der Waals surface area contributed by atoms with E-state index in [0.717, 1.165) is 17.7 Å². The van der Waals surface area contributed by atoms with E-state index in [1.54, 1.807) is 53.3 Å². The van der Waals surface area contributed by atoms with Gasteiger partial charge >= 0.3 is 0 Å². The highest BCUT2D eigenvalue weighted by molar-refractivity contribution is 6.12. The van der Waals surface area contributed by atoms with Crippen molar-refractivity contribution in [1.82, 2.24) is 24.1 Å². The van der Waals surface area contributed by atoms with Crippen molar-refractivity contribution >= 4 is 23.2 Å². The van der Waals surface area contributed by atoms with Crippen molar-refractivity contribution in [1.29, 1.82) is 0 Å². The van der Waals surface area contributed by atoms with E-state index >= 15 is 4.39 Å². The van der Waals surface area contributed by atoms with Crippen LogP contribution in [0, 0.1) is 5.82 Å². The number of carbonyl (C=O) groups excluding carboxylic acids is 2. The zero-order valence-corrected chi connectivity index (χ0v) is 27.8. The van der Waals surface area contributed by atoms with Crippen LogP contribution >= 0.6 is 0 Å². The Morgan fingerprint density at radius 2 is 1.69 bits per heavy atom. The fourth-order valence-electron chi connectivity index (χ4n) is 6.90. The van der Waals surface area contributed by atoms with E-state index in [1.807, 2.05) is 41.6 Å². The lowest BCUT2D eigenvalue weighted by Gasteiger charge is -2.35. The molecule has 5 aromatic rings. The molecular weight excluding hydrogens is 623 g/mol. The van der Waals surface area contributed by atoms with Crippen molar-refractivity contribution < 1.29 is 23.8 Å². The molecule has 7 rings (SSSR count). The van der Waals surface area contributed by atoms with E-state index in [4.69, 9.17) is 4.74 Å². The number of amides is 2. The molecule has 10 nitrogen and oxygen atoms in total. The summed E-state index contributed by atoms with van der Waals surface area (Å²) < 4.78 is 24.2. The summed E-state index contributed by atoms with van der Waals surface area (Å²) in [4.78, 5) is 34.8.